The molecular formula is C23H17BrFN3O5. The van der Waals surface area contributed by atoms with E-state index >= 15 is 0 Å². The zero-order valence-corrected chi connectivity index (χ0v) is 18.8. The van der Waals surface area contributed by atoms with E-state index in [1.54, 1.807) is 42.5 Å². The highest BCUT2D eigenvalue weighted by Crippen LogP contribution is 2.23. The van der Waals surface area contributed by atoms with Crippen molar-refractivity contribution < 1.29 is 28.2 Å². The smallest absolute Gasteiger partial charge is 0.343 e. The van der Waals surface area contributed by atoms with E-state index < -0.39 is 23.6 Å². The number of carbonyl (C=O) groups is 3. The monoisotopic (exact) mass is 513 g/mol. The molecule has 0 unspecified atom stereocenters. The van der Waals surface area contributed by atoms with E-state index in [-0.39, 0.29) is 11.4 Å². The zero-order valence-electron chi connectivity index (χ0n) is 17.2. The summed E-state index contributed by atoms with van der Waals surface area (Å²) in [6.07, 6.45) is 1.23. The Morgan fingerprint density at radius 3 is 2.33 bits per heavy atom. The second kappa shape index (κ2) is 11.0. The van der Waals surface area contributed by atoms with Crippen LogP contribution in [-0.2, 0) is 9.59 Å². The molecule has 3 aromatic rings. The second-order valence-electron chi connectivity index (χ2n) is 6.46. The van der Waals surface area contributed by atoms with Crippen molar-refractivity contribution in [3.8, 4) is 11.5 Å². The van der Waals surface area contributed by atoms with E-state index in [1.807, 2.05) is 0 Å². The molecule has 0 aliphatic rings. The summed E-state index contributed by atoms with van der Waals surface area (Å²) in [5.74, 6) is -2.31. The van der Waals surface area contributed by atoms with Crippen LogP contribution in [0.4, 0.5) is 10.1 Å². The molecule has 168 valence electrons. The lowest BCUT2D eigenvalue weighted by atomic mass is 10.2. The molecule has 0 aliphatic carbocycles. The van der Waals surface area contributed by atoms with Crippen LogP contribution in [0.3, 0.4) is 0 Å². The molecule has 2 N–H and O–H groups in total. The summed E-state index contributed by atoms with van der Waals surface area (Å²) in [5.41, 5.74) is 3.01. The molecule has 3 aromatic carbocycles. The molecule has 0 spiro atoms. The highest BCUT2D eigenvalue weighted by Gasteiger charge is 2.14. The van der Waals surface area contributed by atoms with Gasteiger partial charge < -0.3 is 14.8 Å². The van der Waals surface area contributed by atoms with Crippen molar-refractivity contribution in [3.63, 3.8) is 0 Å². The van der Waals surface area contributed by atoms with Gasteiger partial charge in [0.2, 0.25) is 0 Å². The SMILES string of the molecule is COc1ccc(C(=O)Oc2ccc(Br)cc2C=NNC(=O)C(=O)Nc2ccc(F)cc2)cc1. The third-order valence-electron chi connectivity index (χ3n) is 4.18. The number of amides is 2. The number of esters is 1. The average Bonchev–Trinajstić information content (AvgIpc) is 2.82. The van der Waals surface area contributed by atoms with E-state index in [4.69, 9.17) is 9.47 Å². The summed E-state index contributed by atoms with van der Waals surface area (Å²) in [6, 6.07) is 16.1. The first-order valence-corrected chi connectivity index (χ1v) is 10.2. The second-order valence-corrected chi connectivity index (χ2v) is 7.38. The normalized spacial score (nSPS) is 10.5. The Morgan fingerprint density at radius 2 is 1.67 bits per heavy atom. The Balaban J connectivity index is 1.65. The van der Waals surface area contributed by atoms with E-state index in [0.29, 0.717) is 21.3 Å². The van der Waals surface area contributed by atoms with Crippen LogP contribution < -0.4 is 20.2 Å². The number of ether oxygens (including phenoxy) is 2. The predicted molar refractivity (Wildman–Crippen MR) is 123 cm³/mol. The van der Waals surface area contributed by atoms with Crippen molar-refractivity contribution in [1.82, 2.24) is 5.43 Å². The number of nitrogens with zero attached hydrogens (tertiary/aromatic N) is 1. The lowest BCUT2D eigenvalue weighted by molar-refractivity contribution is -0.136. The third kappa shape index (κ3) is 6.71. The molecule has 0 saturated heterocycles. The van der Waals surface area contributed by atoms with E-state index in [2.05, 4.69) is 31.8 Å². The number of hydrogen-bond donors (Lipinski definition) is 2. The van der Waals surface area contributed by atoms with Gasteiger partial charge in [-0.2, -0.15) is 5.10 Å². The van der Waals surface area contributed by atoms with E-state index in [9.17, 15) is 18.8 Å². The maximum atomic E-state index is 12.9. The molecule has 10 heteroatoms. The zero-order chi connectivity index (χ0) is 23.8. The molecule has 3 rings (SSSR count). The first kappa shape index (κ1) is 23.6. The molecular weight excluding hydrogens is 497 g/mol. The van der Waals surface area contributed by atoms with Gasteiger partial charge in [-0.1, -0.05) is 15.9 Å². The molecule has 0 radical (unpaired) electrons. The van der Waals surface area contributed by atoms with Crippen LogP contribution in [0.15, 0.2) is 76.3 Å². The van der Waals surface area contributed by atoms with Crippen molar-refractivity contribution >= 4 is 45.6 Å². The topological polar surface area (TPSA) is 106 Å². The quantitative estimate of drug-likeness (QED) is 0.171. The summed E-state index contributed by atoms with van der Waals surface area (Å²) in [5, 5.41) is 6.06. The number of hydrazone groups is 1. The summed E-state index contributed by atoms with van der Waals surface area (Å²) >= 11 is 3.32. The number of halogens is 2. The Kier molecular flexibility index (Phi) is 7.87. The first-order chi connectivity index (χ1) is 15.9. The van der Waals surface area contributed by atoms with Crippen molar-refractivity contribution in [3.05, 3.63) is 88.1 Å². The fourth-order valence-electron chi connectivity index (χ4n) is 2.53. The van der Waals surface area contributed by atoms with Gasteiger partial charge in [0.25, 0.3) is 0 Å². The van der Waals surface area contributed by atoms with Gasteiger partial charge in [0.1, 0.15) is 17.3 Å². The van der Waals surface area contributed by atoms with Crippen LogP contribution in [0.5, 0.6) is 11.5 Å². The molecule has 0 saturated carbocycles. The van der Waals surface area contributed by atoms with Crippen LogP contribution in [0, 0.1) is 5.82 Å². The van der Waals surface area contributed by atoms with Gasteiger partial charge >= 0.3 is 17.8 Å². The standard InChI is InChI=1S/C23H17BrFN3O5/c1-32-19-9-2-14(3-10-19)23(31)33-20-11-4-16(24)12-15(20)13-26-28-22(30)21(29)27-18-7-5-17(25)6-8-18/h2-13H,1H3,(H,27,29)(H,28,30). The van der Waals surface area contributed by atoms with Crippen LogP contribution in [0.2, 0.25) is 0 Å². The van der Waals surface area contributed by atoms with Crippen molar-refractivity contribution in [2.75, 3.05) is 12.4 Å². The van der Waals surface area contributed by atoms with Crippen molar-refractivity contribution in [2.24, 2.45) is 5.10 Å². The number of carbonyl (C=O) groups excluding carboxylic acids is 3. The Bertz CT molecular complexity index is 1200. The van der Waals surface area contributed by atoms with Gasteiger partial charge in [0.15, 0.2) is 0 Å². The van der Waals surface area contributed by atoms with Crippen LogP contribution in [0.25, 0.3) is 0 Å². The largest absolute Gasteiger partial charge is 0.497 e. The summed E-state index contributed by atoms with van der Waals surface area (Å²) < 4.78 is 24.1. The number of hydrogen-bond acceptors (Lipinski definition) is 6. The Labute approximate surface area is 196 Å². The maximum absolute atomic E-state index is 12.9. The third-order valence-corrected chi connectivity index (χ3v) is 4.67. The van der Waals surface area contributed by atoms with E-state index in [1.165, 1.54) is 25.5 Å². The van der Waals surface area contributed by atoms with Gasteiger partial charge in [-0.3, -0.25) is 9.59 Å². The van der Waals surface area contributed by atoms with Gasteiger partial charge in [-0.15, -0.1) is 0 Å². The number of rotatable bonds is 6. The van der Waals surface area contributed by atoms with Crippen LogP contribution >= 0.6 is 15.9 Å². The van der Waals surface area contributed by atoms with Gasteiger partial charge in [-0.05, 0) is 66.7 Å². The molecule has 0 heterocycles. The molecule has 0 atom stereocenters. The highest BCUT2D eigenvalue weighted by atomic mass is 79.9. The van der Waals surface area contributed by atoms with E-state index in [0.717, 1.165) is 12.1 Å². The molecule has 0 fully saturated rings. The Hall–Kier alpha value is -4.05. The van der Waals surface area contributed by atoms with Crippen molar-refractivity contribution in [2.45, 2.75) is 0 Å². The number of benzene rings is 3. The number of nitrogens with one attached hydrogen (secondary N) is 2. The molecule has 8 nitrogen and oxygen atoms in total. The van der Waals surface area contributed by atoms with Gasteiger partial charge in [0, 0.05) is 15.7 Å². The first-order valence-electron chi connectivity index (χ1n) is 9.41. The maximum Gasteiger partial charge on any atom is 0.343 e. The summed E-state index contributed by atoms with van der Waals surface area (Å²) in [6.45, 7) is 0. The minimum Gasteiger partial charge on any atom is -0.497 e. The molecule has 0 bridgehead atoms. The van der Waals surface area contributed by atoms with Crippen LogP contribution in [0.1, 0.15) is 15.9 Å². The molecule has 0 aromatic heterocycles. The van der Waals surface area contributed by atoms with Gasteiger partial charge in [0.05, 0.1) is 18.9 Å². The predicted octanol–water partition coefficient (Wildman–Crippen LogP) is 3.90. The molecule has 33 heavy (non-hydrogen) atoms. The molecule has 0 aliphatic heterocycles. The highest BCUT2D eigenvalue weighted by molar-refractivity contribution is 9.10. The van der Waals surface area contributed by atoms with Crippen molar-refractivity contribution in [1.29, 1.82) is 0 Å². The lowest BCUT2D eigenvalue weighted by Crippen LogP contribution is -2.32. The Morgan fingerprint density at radius 1 is 0.970 bits per heavy atom. The minimum absolute atomic E-state index is 0.188. The lowest BCUT2D eigenvalue weighted by Gasteiger charge is -2.08. The number of anilines is 1. The molecule has 2 amide bonds. The minimum atomic E-state index is -1.04. The average molecular weight is 514 g/mol. The number of methoxy groups -OCH3 is 1. The summed E-state index contributed by atoms with van der Waals surface area (Å²) in [4.78, 5) is 36.3. The summed E-state index contributed by atoms with van der Waals surface area (Å²) in [7, 11) is 1.52. The fraction of sp³-hybridized carbons (Fsp3) is 0.0435. The van der Waals surface area contributed by atoms with Crippen LogP contribution in [-0.4, -0.2) is 31.1 Å². The van der Waals surface area contributed by atoms with Gasteiger partial charge in [-0.25, -0.2) is 14.6 Å². The fourth-order valence-corrected chi connectivity index (χ4v) is 2.91.